The average Bonchev–Trinajstić information content (AvgIpc) is 2.74. The number of rotatable bonds is 11. The highest BCUT2D eigenvalue weighted by molar-refractivity contribution is 6.74. The van der Waals surface area contributed by atoms with Gasteiger partial charge in [-0.25, -0.2) is 9.59 Å². The number of carbonyl (C=O) groups excluding carboxylic acids is 2. The summed E-state index contributed by atoms with van der Waals surface area (Å²) in [5.41, 5.74) is -1.05. The maximum atomic E-state index is 13.7. The van der Waals surface area contributed by atoms with E-state index in [0.29, 0.717) is 0 Å². The number of Topliss-reactive ketones (excluding diaryl/α,β-unsaturated/α-hetero) is 1. The molecule has 0 bridgehead atoms. The third-order valence-electron chi connectivity index (χ3n) is 6.49. The van der Waals surface area contributed by atoms with Crippen molar-refractivity contribution < 1.29 is 29.0 Å². The molecule has 0 heterocycles. The van der Waals surface area contributed by atoms with E-state index in [1.54, 1.807) is 19.1 Å². The molecule has 1 aromatic rings. The fourth-order valence-corrected chi connectivity index (χ4v) is 4.85. The Bertz CT molecular complexity index is 898. The zero-order valence-electron chi connectivity index (χ0n) is 22.1. The highest BCUT2D eigenvalue weighted by Crippen LogP contribution is 2.39. The van der Waals surface area contributed by atoms with Crippen LogP contribution in [0.5, 0.6) is 0 Å². The highest BCUT2D eigenvalue weighted by Gasteiger charge is 2.54. The number of amides is 3. The number of carbonyl (C=O) groups is 3. The van der Waals surface area contributed by atoms with Gasteiger partial charge < -0.3 is 30.2 Å². The average molecular weight is 508 g/mol. The first-order valence-electron chi connectivity index (χ1n) is 11.6. The molecule has 0 aliphatic heterocycles. The molecule has 3 atom stereocenters. The summed E-state index contributed by atoms with van der Waals surface area (Å²) in [6.07, 6.45) is 0.634. The molecule has 196 valence electrons. The van der Waals surface area contributed by atoms with E-state index in [4.69, 9.17) is 4.43 Å². The number of nitrogens with one attached hydrogen (secondary N) is 2. The van der Waals surface area contributed by atoms with Gasteiger partial charge in [-0.1, -0.05) is 63.3 Å². The van der Waals surface area contributed by atoms with Crippen molar-refractivity contribution >= 4 is 32.3 Å². The molecule has 0 saturated heterocycles. The molecule has 9 nitrogen and oxygen atoms in total. The Hall–Kier alpha value is -2.69. The zero-order valence-corrected chi connectivity index (χ0v) is 23.1. The molecule has 4 N–H and O–H groups in total. The first-order valence-corrected chi connectivity index (χ1v) is 14.5. The molecule has 1 rings (SSSR count). The van der Waals surface area contributed by atoms with Crippen LogP contribution in [0.25, 0.3) is 6.08 Å². The first-order chi connectivity index (χ1) is 16.1. The predicted molar refractivity (Wildman–Crippen MR) is 140 cm³/mol. The van der Waals surface area contributed by atoms with Crippen LogP contribution in [0, 0.1) is 0 Å². The van der Waals surface area contributed by atoms with Crippen LogP contribution >= 0.6 is 0 Å². The molecule has 0 aromatic heterocycles. The Morgan fingerprint density at radius 3 is 2.17 bits per heavy atom. The van der Waals surface area contributed by atoms with Crippen molar-refractivity contribution in [3.63, 3.8) is 0 Å². The van der Waals surface area contributed by atoms with E-state index in [1.807, 2.05) is 64.2 Å². The lowest BCUT2D eigenvalue weighted by Gasteiger charge is -2.48. The van der Waals surface area contributed by atoms with Gasteiger partial charge >= 0.3 is 12.1 Å². The molecule has 1 aromatic carbocycles. The van der Waals surface area contributed by atoms with E-state index >= 15 is 0 Å². The van der Waals surface area contributed by atoms with Crippen LogP contribution in [0.4, 0.5) is 9.59 Å². The van der Waals surface area contributed by atoms with E-state index in [0.717, 1.165) is 5.56 Å². The van der Waals surface area contributed by atoms with Gasteiger partial charge in [0.15, 0.2) is 14.1 Å². The van der Waals surface area contributed by atoms with E-state index in [-0.39, 0.29) is 11.5 Å². The largest absolute Gasteiger partial charge is 0.465 e. The fourth-order valence-electron chi connectivity index (χ4n) is 3.43. The lowest BCUT2D eigenvalue weighted by Crippen LogP contribution is -2.73. The highest BCUT2D eigenvalue weighted by atomic mass is 28.4. The Morgan fingerprint density at radius 1 is 1.14 bits per heavy atom. The Balaban J connectivity index is 3.80. The molecule has 0 radical (unpaired) electrons. The van der Waals surface area contributed by atoms with E-state index in [2.05, 4.69) is 10.6 Å². The van der Waals surface area contributed by atoms with Crippen molar-refractivity contribution in [3.8, 4) is 0 Å². The van der Waals surface area contributed by atoms with Gasteiger partial charge in [-0.2, -0.15) is 0 Å². The summed E-state index contributed by atoms with van der Waals surface area (Å²) in [6.45, 7) is 11.4. The summed E-state index contributed by atoms with van der Waals surface area (Å²) in [5, 5.41) is 24.3. The van der Waals surface area contributed by atoms with Crippen LogP contribution in [-0.4, -0.2) is 79.7 Å². The van der Waals surface area contributed by atoms with Crippen molar-refractivity contribution in [2.45, 2.75) is 69.9 Å². The summed E-state index contributed by atoms with van der Waals surface area (Å²) in [5.74, 6) is -0.544. The van der Waals surface area contributed by atoms with Crippen LogP contribution in [0.2, 0.25) is 18.1 Å². The second kappa shape index (κ2) is 12.3. The number of hydrogen-bond donors (Lipinski definition) is 4. The molecule has 0 unspecified atom stereocenters. The summed E-state index contributed by atoms with van der Waals surface area (Å²) in [7, 11) is 0.570. The quantitative estimate of drug-likeness (QED) is 0.338. The van der Waals surface area contributed by atoms with Gasteiger partial charge in [0.1, 0.15) is 5.54 Å². The molecule has 0 saturated carbocycles. The van der Waals surface area contributed by atoms with Crippen LogP contribution in [0.1, 0.15) is 39.7 Å². The molecule has 35 heavy (non-hydrogen) atoms. The number of aliphatic hydroxyl groups excluding tert-OH is 1. The molecule has 3 amide bonds. The molecule has 10 heteroatoms. The third kappa shape index (κ3) is 7.91. The summed E-state index contributed by atoms with van der Waals surface area (Å²) >= 11 is 0. The van der Waals surface area contributed by atoms with Crippen molar-refractivity contribution in [3.05, 3.63) is 42.0 Å². The maximum Gasteiger partial charge on any atom is 0.405 e. The SMILES string of the molecule is C[C@H](O[Si](C)(C)C(C)(C)C)[C@@](NC(=O)N(C)C)(C(=O)CCO)[C@@H](/C=C/c1ccccc1)NC(=O)O. The zero-order chi connectivity index (χ0) is 27.0. The topological polar surface area (TPSA) is 128 Å². The monoisotopic (exact) mass is 507 g/mol. The molecule has 0 spiro atoms. The smallest absolute Gasteiger partial charge is 0.405 e. The minimum Gasteiger partial charge on any atom is -0.465 e. The second-order valence-electron chi connectivity index (χ2n) is 10.3. The van der Waals surface area contributed by atoms with Gasteiger partial charge in [0, 0.05) is 20.5 Å². The van der Waals surface area contributed by atoms with E-state index < -0.39 is 50.5 Å². The lowest BCUT2D eigenvalue weighted by molar-refractivity contribution is -0.130. The number of aliphatic hydroxyl groups is 1. The minimum atomic E-state index is -2.48. The number of nitrogens with zero attached hydrogens (tertiary/aromatic N) is 1. The van der Waals surface area contributed by atoms with Crippen LogP contribution in [0.15, 0.2) is 36.4 Å². The summed E-state index contributed by atoms with van der Waals surface area (Å²) in [4.78, 5) is 39.8. The van der Waals surface area contributed by atoms with Crippen LogP contribution in [0.3, 0.4) is 0 Å². The van der Waals surface area contributed by atoms with Crippen molar-refractivity contribution in [1.29, 1.82) is 0 Å². The fraction of sp³-hybridized carbons (Fsp3) is 0.560. The third-order valence-corrected chi connectivity index (χ3v) is 11.0. The maximum absolute atomic E-state index is 13.7. The van der Waals surface area contributed by atoms with Gasteiger partial charge in [0.05, 0.1) is 18.8 Å². The Labute approximate surface area is 209 Å². The molecular weight excluding hydrogens is 466 g/mol. The van der Waals surface area contributed by atoms with Gasteiger partial charge in [0.2, 0.25) is 0 Å². The lowest BCUT2D eigenvalue weighted by atomic mass is 9.79. The van der Waals surface area contributed by atoms with E-state index in [1.165, 1.54) is 19.0 Å². The molecule has 0 fully saturated rings. The van der Waals surface area contributed by atoms with Gasteiger partial charge in [-0.15, -0.1) is 0 Å². The van der Waals surface area contributed by atoms with Gasteiger partial charge in [-0.3, -0.25) is 4.79 Å². The minimum absolute atomic E-state index is 0.214. The standard InChI is InChI=1S/C25H41N3O6Si/c1-18(34-35(7,8)24(2,3)4)25(21(30)16-17-29,27-22(31)28(5)6)20(26-23(32)33)15-14-19-12-10-9-11-13-19/h9-15,18,20,26,29H,16-17H2,1-8H3,(H,27,31)(H,32,33)/b15-14+/t18-,20+,25-/m0/s1. The number of benzene rings is 1. The van der Waals surface area contributed by atoms with Gasteiger partial charge in [-0.05, 0) is 30.6 Å². The van der Waals surface area contributed by atoms with Crippen LogP contribution in [-0.2, 0) is 9.22 Å². The van der Waals surface area contributed by atoms with Crippen molar-refractivity contribution in [1.82, 2.24) is 15.5 Å². The van der Waals surface area contributed by atoms with Crippen molar-refractivity contribution in [2.24, 2.45) is 0 Å². The molecule has 0 aliphatic carbocycles. The Kier molecular flexibility index (Phi) is 10.7. The second-order valence-corrected chi connectivity index (χ2v) is 15.1. The predicted octanol–water partition coefficient (Wildman–Crippen LogP) is 3.71. The van der Waals surface area contributed by atoms with Gasteiger partial charge in [0.25, 0.3) is 0 Å². The first kappa shape index (κ1) is 30.3. The van der Waals surface area contributed by atoms with Crippen molar-refractivity contribution in [2.75, 3.05) is 20.7 Å². The molecular formula is C25H41N3O6Si. The number of urea groups is 1. The number of ketones is 1. The number of hydrogen-bond acceptors (Lipinski definition) is 5. The summed E-state index contributed by atoms with van der Waals surface area (Å²) < 4.78 is 6.57. The molecule has 0 aliphatic rings. The Morgan fingerprint density at radius 2 is 1.71 bits per heavy atom. The van der Waals surface area contributed by atoms with Crippen LogP contribution < -0.4 is 10.6 Å². The number of carboxylic acid groups (broad SMARTS) is 1. The normalized spacial score (nSPS) is 15.7. The summed E-state index contributed by atoms with van der Waals surface area (Å²) in [6, 6.07) is 7.40. The van der Waals surface area contributed by atoms with E-state index in [9.17, 15) is 24.6 Å².